The van der Waals surface area contributed by atoms with Crippen LogP contribution in [-0.2, 0) is 23.3 Å². The molecule has 43 heavy (non-hydrogen) atoms. The first-order chi connectivity index (χ1) is 21.1. The number of carboxylic acids is 1. The molecule has 0 saturated carbocycles. The molecular weight excluding hydrogens is 530 g/mol. The lowest BCUT2D eigenvalue weighted by Crippen LogP contribution is -2.33. The summed E-state index contributed by atoms with van der Waals surface area (Å²) in [5.41, 5.74) is 6.70. The van der Waals surface area contributed by atoms with Gasteiger partial charge in [0.05, 0.1) is 6.61 Å². The van der Waals surface area contributed by atoms with Crippen molar-refractivity contribution in [3.63, 3.8) is 0 Å². The third-order valence-corrected chi connectivity index (χ3v) is 8.22. The van der Waals surface area contributed by atoms with Crippen LogP contribution < -0.4 is 0 Å². The summed E-state index contributed by atoms with van der Waals surface area (Å²) in [6.45, 7) is 2.98. The highest BCUT2D eigenvalue weighted by Crippen LogP contribution is 2.40. The van der Waals surface area contributed by atoms with Crippen LogP contribution >= 0.6 is 0 Å². The lowest BCUT2D eigenvalue weighted by Gasteiger charge is -2.36. The molecule has 0 aliphatic rings. The van der Waals surface area contributed by atoms with Gasteiger partial charge < -0.3 is 14.4 Å². The third kappa shape index (κ3) is 5.38. The Kier molecular flexibility index (Phi) is 8.21. The molecule has 0 aliphatic heterocycles. The maximum atomic E-state index is 12.6. The molecule has 214 valence electrons. The fourth-order valence-electron chi connectivity index (χ4n) is 6.29. The van der Waals surface area contributed by atoms with E-state index >= 15 is 0 Å². The number of benzene rings is 5. The lowest BCUT2D eigenvalue weighted by molar-refractivity contribution is 0.0100. The van der Waals surface area contributed by atoms with Gasteiger partial charge in [-0.1, -0.05) is 134 Å². The lowest BCUT2D eigenvalue weighted by atomic mass is 9.80. The second kappa shape index (κ2) is 12.5. The van der Waals surface area contributed by atoms with Crippen LogP contribution in [0.5, 0.6) is 0 Å². The van der Waals surface area contributed by atoms with E-state index in [1.807, 2.05) is 84.3 Å². The summed E-state index contributed by atoms with van der Waals surface area (Å²) in [7, 11) is 0. The highest BCUT2D eigenvalue weighted by atomic mass is 16.5. The molecule has 0 radical (unpaired) electrons. The van der Waals surface area contributed by atoms with E-state index in [4.69, 9.17) is 4.74 Å². The molecule has 4 heteroatoms. The van der Waals surface area contributed by atoms with Crippen molar-refractivity contribution in [3.8, 4) is 11.1 Å². The Balaban J connectivity index is 1.35. The Morgan fingerprint density at radius 2 is 1.21 bits per heavy atom. The second-order valence-corrected chi connectivity index (χ2v) is 10.7. The van der Waals surface area contributed by atoms with Gasteiger partial charge in [0.25, 0.3) is 0 Å². The zero-order valence-electron chi connectivity index (χ0n) is 24.3. The van der Waals surface area contributed by atoms with Crippen LogP contribution in [0.1, 0.15) is 46.1 Å². The summed E-state index contributed by atoms with van der Waals surface area (Å²) < 4.78 is 8.93. The number of carbonyl (C=O) groups is 1. The van der Waals surface area contributed by atoms with Gasteiger partial charge >= 0.3 is 5.97 Å². The number of rotatable bonds is 11. The maximum absolute atomic E-state index is 12.6. The molecule has 0 aliphatic carbocycles. The Labute approximate surface area is 252 Å². The van der Waals surface area contributed by atoms with Crippen LogP contribution in [0.15, 0.2) is 140 Å². The zero-order valence-corrected chi connectivity index (χ0v) is 24.3. The molecule has 6 rings (SSSR count). The average Bonchev–Trinajstić information content (AvgIpc) is 3.39. The van der Waals surface area contributed by atoms with E-state index in [0.717, 1.165) is 44.3 Å². The summed E-state index contributed by atoms with van der Waals surface area (Å²) in [5.74, 6) is -0.901. The SMILES string of the molecule is CCc1c(C(=O)O)n(CCCOC(c2ccccc2)(c2ccccc2)c2ccccc2)c2ccc(-c3ccccc3)cc12. The minimum Gasteiger partial charge on any atom is -0.477 e. The van der Waals surface area contributed by atoms with Gasteiger partial charge in [-0.3, -0.25) is 0 Å². The van der Waals surface area contributed by atoms with Crippen molar-refractivity contribution >= 4 is 16.9 Å². The summed E-state index contributed by atoms with van der Waals surface area (Å²) in [6, 6.07) is 47.5. The summed E-state index contributed by atoms with van der Waals surface area (Å²) in [4.78, 5) is 12.6. The van der Waals surface area contributed by atoms with Crippen molar-refractivity contribution in [2.45, 2.75) is 31.9 Å². The molecule has 1 N–H and O–H groups in total. The number of ether oxygens (including phenoxy) is 1. The summed E-state index contributed by atoms with van der Waals surface area (Å²) in [5, 5.41) is 11.3. The molecule has 4 nitrogen and oxygen atoms in total. The van der Waals surface area contributed by atoms with Gasteiger partial charge in [-0.25, -0.2) is 4.79 Å². The van der Waals surface area contributed by atoms with E-state index < -0.39 is 11.6 Å². The van der Waals surface area contributed by atoms with Crippen molar-refractivity contribution in [1.82, 2.24) is 4.57 Å². The fourth-order valence-corrected chi connectivity index (χ4v) is 6.29. The molecule has 6 aromatic rings. The van der Waals surface area contributed by atoms with Gasteiger partial charge in [-0.05, 0) is 58.4 Å². The van der Waals surface area contributed by atoms with E-state index in [-0.39, 0.29) is 0 Å². The predicted molar refractivity (Wildman–Crippen MR) is 173 cm³/mol. The Morgan fingerprint density at radius 3 is 1.70 bits per heavy atom. The Bertz CT molecular complexity index is 1710. The van der Waals surface area contributed by atoms with Gasteiger partial charge in [0.15, 0.2) is 0 Å². The maximum Gasteiger partial charge on any atom is 0.352 e. The van der Waals surface area contributed by atoms with Crippen LogP contribution in [0.2, 0.25) is 0 Å². The molecule has 0 atom stereocenters. The second-order valence-electron chi connectivity index (χ2n) is 10.7. The van der Waals surface area contributed by atoms with Gasteiger partial charge in [0.1, 0.15) is 11.3 Å². The number of nitrogens with zero attached hydrogens (tertiary/aromatic N) is 1. The number of hydrogen-bond acceptors (Lipinski definition) is 2. The molecule has 0 fully saturated rings. The van der Waals surface area contributed by atoms with E-state index in [2.05, 4.69) is 66.7 Å². The molecule has 0 saturated heterocycles. The number of hydrogen-bond donors (Lipinski definition) is 1. The van der Waals surface area contributed by atoms with E-state index in [1.54, 1.807) is 0 Å². The van der Waals surface area contributed by atoms with Gasteiger partial charge in [0.2, 0.25) is 0 Å². The highest BCUT2D eigenvalue weighted by molar-refractivity contribution is 5.99. The monoisotopic (exact) mass is 565 g/mol. The van der Waals surface area contributed by atoms with Crippen LogP contribution in [0.4, 0.5) is 0 Å². The first kappa shape index (κ1) is 28.2. The zero-order chi connectivity index (χ0) is 29.6. The van der Waals surface area contributed by atoms with Crippen molar-refractivity contribution in [1.29, 1.82) is 0 Å². The number of carboxylic acid groups (broad SMARTS) is 1. The van der Waals surface area contributed by atoms with Crippen LogP contribution in [-0.4, -0.2) is 22.2 Å². The minimum atomic E-state index is -0.901. The number of fused-ring (bicyclic) bond motifs is 1. The van der Waals surface area contributed by atoms with Crippen LogP contribution in [0.25, 0.3) is 22.0 Å². The fraction of sp³-hybridized carbons (Fsp3) is 0.154. The highest BCUT2D eigenvalue weighted by Gasteiger charge is 2.37. The molecule has 1 heterocycles. The van der Waals surface area contributed by atoms with Crippen molar-refractivity contribution in [2.75, 3.05) is 6.61 Å². The van der Waals surface area contributed by atoms with Crippen molar-refractivity contribution in [2.24, 2.45) is 0 Å². The first-order valence-corrected chi connectivity index (χ1v) is 14.9. The van der Waals surface area contributed by atoms with Gasteiger partial charge in [-0.2, -0.15) is 0 Å². The average molecular weight is 566 g/mol. The Morgan fingerprint density at radius 1 is 0.698 bits per heavy atom. The van der Waals surface area contributed by atoms with E-state index in [1.165, 1.54) is 0 Å². The number of aromatic nitrogens is 1. The van der Waals surface area contributed by atoms with E-state index in [0.29, 0.717) is 31.7 Å². The number of aromatic carboxylic acids is 1. The summed E-state index contributed by atoms with van der Waals surface area (Å²) in [6.07, 6.45) is 1.28. The minimum absolute atomic E-state index is 0.364. The van der Waals surface area contributed by atoms with Gasteiger partial charge in [-0.15, -0.1) is 0 Å². The smallest absolute Gasteiger partial charge is 0.352 e. The first-order valence-electron chi connectivity index (χ1n) is 14.9. The molecular formula is C39H35NO3. The van der Waals surface area contributed by atoms with E-state index in [9.17, 15) is 9.90 Å². The van der Waals surface area contributed by atoms with Crippen molar-refractivity contribution in [3.05, 3.63) is 167 Å². The normalized spacial score (nSPS) is 11.6. The largest absolute Gasteiger partial charge is 0.477 e. The number of aryl methyl sites for hydroxylation is 2. The van der Waals surface area contributed by atoms with Gasteiger partial charge in [0, 0.05) is 17.4 Å². The molecule has 0 amide bonds. The third-order valence-electron chi connectivity index (χ3n) is 8.22. The molecule has 5 aromatic carbocycles. The topological polar surface area (TPSA) is 51.5 Å². The van der Waals surface area contributed by atoms with Crippen LogP contribution in [0, 0.1) is 0 Å². The Hall–Kier alpha value is -4.93. The molecule has 0 spiro atoms. The summed E-state index contributed by atoms with van der Waals surface area (Å²) >= 11 is 0. The van der Waals surface area contributed by atoms with Crippen LogP contribution in [0.3, 0.4) is 0 Å². The quantitative estimate of drug-likeness (QED) is 0.126. The predicted octanol–water partition coefficient (Wildman–Crippen LogP) is 8.97. The standard InChI is InChI=1S/C39H35NO3/c1-2-34-35-28-30(29-16-7-3-8-17-29)24-25-36(35)40(37(34)38(41)42)26-15-27-43-39(31-18-9-4-10-19-31,32-20-11-5-12-21-32)33-22-13-6-14-23-33/h3-14,16-25,28H,2,15,26-27H2,1H3,(H,41,42). The van der Waals surface area contributed by atoms with Crippen molar-refractivity contribution < 1.29 is 14.6 Å². The molecule has 0 bridgehead atoms. The molecule has 0 unspecified atom stereocenters. The molecule has 1 aromatic heterocycles.